The molecule has 0 spiro atoms. The van der Waals surface area contributed by atoms with Crippen molar-refractivity contribution in [1.29, 1.82) is 0 Å². The van der Waals surface area contributed by atoms with E-state index in [0.717, 1.165) is 5.56 Å². The minimum absolute atomic E-state index is 0.206. The van der Waals surface area contributed by atoms with E-state index in [1.807, 2.05) is 30.3 Å². The maximum atomic E-state index is 11.6. The molecule has 2 heterocycles. The van der Waals surface area contributed by atoms with Gasteiger partial charge in [-0.05, 0) is 11.3 Å². The number of furan rings is 1. The van der Waals surface area contributed by atoms with Gasteiger partial charge in [0, 0.05) is 5.56 Å². The van der Waals surface area contributed by atoms with Crippen LogP contribution in [0.1, 0.15) is 16.1 Å². The van der Waals surface area contributed by atoms with Crippen molar-refractivity contribution >= 4 is 5.97 Å². The van der Waals surface area contributed by atoms with E-state index in [9.17, 15) is 4.79 Å². The van der Waals surface area contributed by atoms with E-state index in [4.69, 9.17) is 4.42 Å². The van der Waals surface area contributed by atoms with Gasteiger partial charge in [-0.2, -0.15) is 4.80 Å². The molecule has 7 heteroatoms. The number of tetrazole rings is 1. The summed E-state index contributed by atoms with van der Waals surface area (Å²) < 4.78 is 9.96. The quantitative estimate of drug-likeness (QED) is 0.679. The van der Waals surface area contributed by atoms with Gasteiger partial charge in [0.1, 0.15) is 17.9 Å². The van der Waals surface area contributed by atoms with E-state index in [1.165, 1.54) is 18.2 Å². The Labute approximate surface area is 120 Å². The Hall–Kier alpha value is -2.96. The predicted molar refractivity (Wildman–Crippen MR) is 72.4 cm³/mol. The molecule has 106 valence electrons. The Bertz CT molecular complexity index is 748. The summed E-state index contributed by atoms with van der Waals surface area (Å²) in [7, 11) is 1.32. The molecule has 0 N–H and O–H groups in total. The number of hydrogen-bond acceptors (Lipinski definition) is 6. The highest BCUT2D eigenvalue weighted by atomic mass is 16.5. The van der Waals surface area contributed by atoms with Crippen LogP contribution in [0, 0.1) is 0 Å². The molecule has 0 atom stereocenters. The molecule has 0 unspecified atom stereocenters. The first-order valence-corrected chi connectivity index (χ1v) is 6.26. The molecule has 0 saturated carbocycles. The van der Waals surface area contributed by atoms with Crippen molar-refractivity contribution in [3.05, 3.63) is 54.0 Å². The number of methoxy groups -OCH3 is 1. The van der Waals surface area contributed by atoms with Gasteiger partial charge in [-0.1, -0.05) is 30.3 Å². The number of ether oxygens (including phenoxy) is 1. The Morgan fingerprint density at radius 3 is 2.86 bits per heavy atom. The van der Waals surface area contributed by atoms with Crippen LogP contribution in [-0.4, -0.2) is 33.3 Å². The topological polar surface area (TPSA) is 83.0 Å². The molecule has 3 aromatic rings. The van der Waals surface area contributed by atoms with Crippen molar-refractivity contribution in [1.82, 2.24) is 20.2 Å². The Balaban J connectivity index is 1.82. The smallest absolute Gasteiger partial charge is 0.341 e. The summed E-state index contributed by atoms with van der Waals surface area (Å²) in [6.07, 6.45) is 1.43. The van der Waals surface area contributed by atoms with Crippen molar-refractivity contribution < 1.29 is 13.9 Å². The molecule has 0 fully saturated rings. The highest BCUT2D eigenvalue weighted by molar-refractivity contribution is 5.90. The summed E-state index contributed by atoms with van der Waals surface area (Å²) in [5.41, 5.74) is 1.23. The van der Waals surface area contributed by atoms with Gasteiger partial charge in [0.15, 0.2) is 0 Å². The number of esters is 1. The summed E-state index contributed by atoms with van der Waals surface area (Å²) in [5.74, 6) is 0.489. The van der Waals surface area contributed by atoms with Crippen LogP contribution < -0.4 is 0 Å². The van der Waals surface area contributed by atoms with Crippen LogP contribution in [-0.2, 0) is 11.3 Å². The average molecular weight is 284 g/mol. The number of benzene rings is 1. The van der Waals surface area contributed by atoms with Crippen LogP contribution in [0.4, 0.5) is 0 Å². The lowest BCUT2D eigenvalue weighted by Crippen LogP contribution is -2.09. The van der Waals surface area contributed by atoms with Gasteiger partial charge in [-0.15, -0.1) is 10.2 Å². The first kappa shape index (κ1) is 13.0. The first-order valence-electron chi connectivity index (χ1n) is 6.26. The number of aromatic nitrogens is 4. The van der Waals surface area contributed by atoms with Crippen LogP contribution in [0.2, 0.25) is 0 Å². The summed E-state index contributed by atoms with van der Waals surface area (Å²) >= 11 is 0. The van der Waals surface area contributed by atoms with Gasteiger partial charge in [-0.25, -0.2) is 4.79 Å². The molecule has 0 radical (unpaired) electrons. The fourth-order valence-electron chi connectivity index (χ4n) is 1.90. The summed E-state index contributed by atoms with van der Waals surface area (Å²) in [5, 5.41) is 12.2. The highest BCUT2D eigenvalue weighted by Gasteiger charge is 2.16. The van der Waals surface area contributed by atoms with Crippen molar-refractivity contribution in [2.45, 2.75) is 6.54 Å². The van der Waals surface area contributed by atoms with Crippen LogP contribution in [0.3, 0.4) is 0 Å². The van der Waals surface area contributed by atoms with E-state index in [-0.39, 0.29) is 6.54 Å². The summed E-state index contributed by atoms with van der Waals surface area (Å²) in [6.45, 7) is 0.206. The van der Waals surface area contributed by atoms with Crippen LogP contribution in [0.25, 0.3) is 11.4 Å². The van der Waals surface area contributed by atoms with Crippen molar-refractivity contribution in [2.75, 3.05) is 7.11 Å². The van der Waals surface area contributed by atoms with Gasteiger partial charge in [-0.3, -0.25) is 0 Å². The van der Waals surface area contributed by atoms with E-state index in [1.54, 1.807) is 6.07 Å². The van der Waals surface area contributed by atoms with E-state index >= 15 is 0 Å². The molecule has 0 saturated heterocycles. The zero-order chi connectivity index (χ0) is 14.7. The van der Waals surface area contributed by atoms with Gasteiger partial charge in [0.25, 0.3) is 0 Å². The lowest BCUT2D eigenvalue weighted by Gasteiger charge is -1.99. The Morgan fingerprint density at radius 2 is 2.10 bits per heavy atom. The summed E-state index contributed by atoms with van der Waals surface area (Å²) in [4.78, 5) is 12.9. The number of carbonyl (C=O) groups is 1. The second kappa shape index (κ2) is 5.58. The molecule has 2 aromatic heterocycles. The van der Waals surface area contributed by atoms with E-state index in [2.05, 4.69) is 20.1 Å². The molecule has 0 aliphatic heterocycles. The van der Waals surface area contributed by atoms with Gasteiger partial charge in [0.05, 0.1) is 13.4 Å². The number of nitrogens with zero attached hydrogens (tertiary/aromatic N) is 4. The minimum atomic E-state index is -0.456. The maximum absolute atomic E-state index is 11.6. The lowest BCUT2D eigenvalue weighted by molar-refractivity contribution is 0.0598. The number of rotatable bonds is 4. The average Bonchev–Trinajstić information content (AvgIpc) is 3.17. The van der Waals surface area contributed by atoms with Gasteiger partial charge < -0.3 is 9.15 Å². The maximum Gasteiger partial charge on any atom is 0.341 e. The highest BCUT2D eigenvalue weighted by Crippen LogP contribution is 2.15. The predicted octanol–water partition coefficient (Wildman–Crippen LogP) is 1.77. The molecular formula is C14H12N4O3. The normalized spacial score (nSPS) is 10.5. The number of carbonyl (C=O) groups excluding carboxylic acids is 1. The molecule has 0 aliphatic carbocycles. The second-order valence-electron chi connectivity index (χ2n) is 4.26. The summed E-state index contributed by atoms with van der Waals surface area (Å²) in [6, 6.07) is 11.1. The third kappa shape index (κ3) is 2.66. The monoisotopic (exact) mass is 284 g/mol. The Morgan fingerprint density at radius 1 is 1.29 bits per heavy atom. The molecule has 0 amide bonds. The zero-order valence-electron chi connectivity index (χ0n) is 11.3. The molecule has 0 aliphatic rings. The van der Waals surface area contributed by atoms with Crippen LogP contribution in [0.5, 0.6) is 0 Å². The molecular weight excluding hydrogens is 272 g/mol. The van der Waals surface area contributed by atoms with Crippen molar-refractivity contribution in [3.63, 3.8) is 0 Å². The SMILES string of the molecule is COC(=O)c1ccoc1Cn1nnc(-c2ccccc2)n1. The third-order valence-corrected chi connectivity index (χ3v) is 2.92. The van der Waals surface area contributed by atoms with Crippen LogP contribution in [0.15, 0.2) is 47.1 Å². The van der Waals surface area contributed by atoms with Crippen molar-refractivity contribution in [2.24, 2.45) is 0 Å². The fourth-order valence-corrected chi connectivity index (χ4v) is 1.90. The van der Waals surface area contributed by atoms with E-state index in [0.29, 0.717) is 17.1 Å². The van der Waals surface area contributed by atoms with Gasteiger partial charge in [0.2, 0.25) is 5.82 Å². The minimum Gasteiger partial charge on any atom is -0.466 e. The second-order valence-corrected chi connectivity index (χ2v) is 4.26. The largest absolute Gasteiger partial charge is 0.466 e. The Kier molecular flexibility index (Phi) is 3.46. The first-order chi connectivity index (χ1) is 10.3. The van der Waals surface area contributed by atoms with E-state index < -0.39 is 5.97 Å². The fraction of sp³-hybridized carbons (Fsp3) is 0.143. The van der Waals surface area contributed by atoms with Gasteiger partial charge >= 0.3 is 5.97 Å². The third-order valence-electron chi connectivity index (χ3n) is 2.92. The van der Waals surface area contributed by atoms with Crippen molar-refractivity contribution in [3.8, 4) is 11.4 Å². The molecule has 3 rings (SSSR count). The lowest BCUT2D eigenvalue weighted by atomic mass is 10.2. The standard InChI is InChI=1S/C14H12N4O3/c1-20-14(19)11-7-8-21-12(11)9-18-16-13(15-17-18)10-5-3-2-4-6-10/h2-8H,9H2,1H3. The molecule has 1 aromatic carbocycles. The molecule has 7 nitrogen and oxygen atoms in total. The van der Waals surface area contributed by atoms with Crippen LogP contribution >= 0.6 is 0 Å². The zero-order valence-corrected chi connectivity index (χ0v) is 11.3. The molecule has 21 heavy (non-hydrogen) atoms. The molecule has 0 bridgehead atoms. The number of hydrogen-bond donors (Lipinski definition) is 0.